The maximum Gasteiger partial charge on any atom is 0.482 e. The van der Waals surface area contributed by atoms with Crippen LogP contribution in [0.5, 0.6) is 0 Å². The van der Waals surface area contributed by atoms with Crippen LogP contribution in [0, 0.1) is 29.1 Å². The number of hydrogen-bond donors (Lipinski definition) is 2. The first-order chi connectivity index (χ1) is 6.45. The monoisotopic (exact) mass is 281 g/mol. The van der Waals surface area contributed by atoms with Crippen LogP contribution < -0.4 is 0 Å². The van der Waals surface area contributed by atoms with Crippen LogP contribution in [0.4, 0.5) is 22.0 Å². The normalized spacial score (nSPS) is 7.94. The smallest absolute Gasteiger partial charge is 0.429 e. The molecule has 2 nitrogen and oxygen atoms in total. The fourth-order valence-electron chi connectivity index (χ4n) is 0.544. The van der Waals surface area contributed by atoms with Crippen molar-refractivity contribution < 1.29 is 32.0 Å². The molecule has 0 atom stereocenters. The van der Waals surface area contributed by atoms with Gasteiger partial charge in [0.05, 0.1) is 0 Å². The van der Waals surface area contributed by atoms with Gasteiger partial charge in [0, 0.05) is 6.07 Å². The zero-order valence-electron chi connectivity index (χ0n) is 7.44. The Balaban J connectivity index is -0.000000306. The molecule has 1 aromatic carbocycles. The molecule has 93 valence electrons. The summed E-state index contributed by atoms with van der Waals surface area (Å²) in [5, 5.41) is 14.0. The molecule has 0 aliphatic rings. The van der Waals surface area contributed by atoms with Crippen molar-refractivity contribution in [2.24, 2.45) is 0 Å². The third-order valence-corrected chi connectivity index (χ3v) is 1.06. The van der Waals surface area contributed by atoms with Gasteiger partial charge in [0.1, 0.15) is 0 Å². The zero-order chi connectivity index (χ0) is 11.3. The van der Waals surface area contributed by atoms with E-state index < -0.39 is 29.1 Å². The molecule has 10 heteroatoms. The van der Waals surface area contributed by atoms with Crippen molar-refractivity contribution in [3.63, 3.8) is 0 Å². The summed E-state index contributed by atoms with van der Waals surface area (Å²) < 4.78 is 60.0. The van der Waals surface area contributed by atoms with Gasteiger partial charge in [0.15, 0.2) is 23.3 Å². The molecule has 0 saturated heterocycles. The quantitative estimate of drug-likeness (QED) is 0.324. The van der Waals surface area contributed by atoms with Gasteiger partial charge in [0.25, 0.3) is 0 Å². The number of rotatable bonds is 0. The SMILES string of the molecule is Fc1cc(F)c(F)c(F)c1F.O[B]O.S.S. The highest BCUT2D eigenvalue weighted by atomic mass is 32.1. The van der Waals surface area contributed by atoms with Gasteiger partial charge >= 0.3 is 7.69 Å². The van der Waals surface area contributed by atoms with Gasteiger partial charge in [-0.05, 0) is 0 Å². The Kier molecular flexibility index (Phi) is 12.7. The van der Waals surface area contributed by atoms with E-state index in [2.05, 4.69) is 0 Å². The van der Waals surface area contributed by atoms with Gasteiger partial charge in [-0.1, -0.05) is 0 Å². The van der Waals surface area contributed by atoms with Gasteiger partial charge < -0.3 is 10.0 Å². The van der Waals surface area contributed by atoms with Crippen molar-refractivity contribution in [2.75, 3.05) is 0 Å². The molecule has 2 N–H and O–H groups in total. The van der Waals surface area contributed by atoms with Crippen LogP contribution in [0.2, 0.25) is 0 Å². The van der Waals surface area contributed by atoms with Gasteiger partial charge in [-0.15, -0.1) is 0 Å². The van der Waals surface area contributed by atoms with E-state index in [1.54, 1.807) is 0 Å². The Morgan fingerprint density at radius 1 is 0.750 bits per heavy atom. The van der Waals surface area contributed by atoms with E-state index in [0.717, 1.165) is 0 Å². The minimum atomic E-state index is -2.14. The summed E-state index contributed by atoms with van der Waals surface area (Å²) in [4.78, 5) is 0. The summed E-state index contributed by atoms with van der Waals surface area (Å²) in [5.74, 6) is -9.65. The minimum absolute atomic E-state index is 0. The molecule has 0 fully saturated rings. The summed E-state index contributed by atoms with van der Waals surface area (Å²) in [5.41, 5.74) is 0. The van der Waals surface area contributed by atoms with Crippen LogP contribution in [0.1, 0.15) is 0 Å². The van der Waals surface area contributed by atoms with Gasteiger partial charge in [-0.3, -0.25) is 0 Å². The van der Waals surface area contributed by atoms with Gasteiger partial charge in [0.2, 0.25) is 5.82 Å². The molecule has 0 amide bonds. The minimum Gasteiger partial charge on any atom is -0.429 e. The largest absolute Gasteiger partial charge is 0.482 e. The second-order valence-corrected chi connectivity index (χ2v) is 1.90. The number of hydrogen-bond acceptors (Lipinski definition) is 2. The predicted molar refractivity (Wildman–Crippen MR) is 57.2 cm³/mol. The Hall–Kier alpha value is -0.445. The Labute approximate surface area is 102 Å². The maximum absolute atomic E-state index is 12.0. The van der Waals surface area contributed by atoms with Crippen LogP contribution >= 0.6 is 27.0 Å². The molecule has 0 bridgehead atoms. The number of benzene rings is 1. The Morgan fingerprint density at radius 2 is 1.00 bits per heavy atom. The third-order valence-electron chi connectivity index (χ3n) is 1.06. The Bertz CT molecular complexity index is 302. The lowest BCUT2D eigenvalue weighted by molar-refractivity contribution is 0.378. The second-order valence-electron chi connectivity index (χ2n) is 1.90. The van der Waals surface area contributed by atoms with E-state index in [1.807, 2.05) is 0 Å². The molecule has 16 heavy (non-hydrogen) atoms. The van der Waals surface area contributed by atoms with Crippen molar-refractivity contribution >= 4 is 34.7 Å². The fraction of sp³-hybridized carbons (Fsp3) is 0. The maximum atomic E-state index is 12.0. The van der Waals surface area contributed by atoms with E-state index in [-0.39, 0.29) is 40.7 Å². The van der Waals surface area contributed by atoms with Crippen molar-refractivity contribution in [3.05, 3.63) is 35.2 Å². The lowest BCUT2D eigenvalue weighted by Gasteiger charge is -1.96. The van der Waals surface area contributed by atoms with Crippen molar-refractivity contribution in [1.82, 2.24) is 0 Å². The first-order valence-electron chi connectivity index (χ1n) is 3.04. The molecule has 0 aromatic heterocycles. The molecule has 0 aliphatic heterocycles. The highest BCUT2D eigenvalue weighted by Crippen LogP contribution is 2.16. The van der Waals surface area contributed by atoms with E-state index in [1.165, 1.54) is 0 Å². The third kappa shape index (κ3) is 5.59. The van der Waals surface area contributed by atoms with Gasteiger partial charge in [-0.25, -0.2) is 22.0 Å². The molecule has 1 rings (SSSR count). The van der Waals surface area contributed by atoms with Crippen LogP contribution in [0.3, 0.4) is 0 Å². The standard InChI is InChI=1S/C6HF5.BH2O2.2H2S/c7-2-1-3(8)5(10)6(11)4(2)9;2-1-3;;/h1H;2-3H;2*1H2. The lowest BCUT2D eigenvalue weighted by atomic mass is 10.3. The van der Waals surface area contributed by atoms with E-state index in [4.69, 9.17) is 10.0 Å². The van der Waals surface area contributed by atoms with Crippen molar-refractivity contribution in [1.29, 1.82) is 0 Å². The average Bonchev–Trinajstić information content (AvgIpc) is 2.13. The molecule has 0 spiro atoms. The first kappa shape index (κ1) is 20.9. The highest BCUT2D eigenvalue weighted by molar-refractivity contribution is 7.59. The van der Waals surface area contributed by atoms with E-state index in [0.29, 0.717) is 0 Å². The van der Waals surface area contributed by atoms with Crippen LogP contribution in [-0.2, 0) is 0 Å². The second kappa shape index (κ2) is 9.76. The van der Waals surface area contributed by atoms with Crippen molar-refractivity contribution in [3.8, 4) is 0 Å². The van der Waals surface area contributed by atoms with Crippen molar-refractivity contribution in [2.45, 2.75) is 0 Å². The fourth-order valence-corrected chi connectivity index (χ4v) is 0.544. The molecular weight excluding hydrogens is 274 g/mol. The summed E-state index contributed by atoms with van der Waals surface area (Å²) in [6.07, 6.45) is 0. The van der Waals surface area contributed by atoms with Crippen LogP contribution in [0.25, 0.3) is 0 Å². The molecule has 1 aromatic rings. The molecule has 0 unspecified atom stereocenters. The van der Waals surface area contributed by atoms with Gasteiger partial charge in [-0.2, -0.15) is 27.0 Å². The topological polar surface area (TPSA) is 40.5 Å². The molecular formula is C6H7BF5O2S2. The average molecular weight is 281 g/mol. The lowest BCUT2D eigenvalue weighted by Crippen LogP contribution is -1.98. The van der Waals surface area contributed by atoms with E-state index in [9.17, 15) is 22.0 Å². The molecule has 1 radical (unpaired) electrons. The number of halogens is 5. The first-order valence-corrected chi connectivity index (χ1v) is 3.04. The summed E-state index contributed by atoms with van der Waals surface area (Å²) in [7, 11) is 0. The predicted octanol–water partition coefficient (Wildman–Crippen LogP) is 1.11. The van der Waals surface area contributed by atoms with Crippen LogP contribution in [0.15, 0.2) is 6.07 Å². The van der Waals surface area contributed by atoms with Crippen LogP contribution in [-0.4, -0.2) is 17.7 Å². The van der Waals surface area contributed by atoms with E-state index >= 15 is 0 Å². The summed E-state index contributed by atoms with van der Waals surface area (Å²) in [6.45, 7) is 0. The summed E-state index contributed by atoms with van der Waals surface area (Å²) in [6, 6.07) is -0.0618. The molecule has 0 saturated carbocycles. The highest BCUT2D eigenvalue weighted by Gasteiger charge is 2.18. The molecule has 0 heterocycles. The Morgan fingerprint density at radius 3 is 1.25 bits per heavy atom. The molecule has 0 aliphatic carbocycles. The zero-order valence-corrected chi connectivity index (χ0v) is 9.44. The summed E-state index contributed by atoms with van der Waals surface area (Å²) >= 11 is 0.